The van der Waals surface area contributed by atoms with E-state index in [1.54, 1.807) is 0 Å². The lowest BCUT2D eigenvalue weighted by molar-refractivity contribution is -0.145. The minimum atomic E-state index is -0.550. The lowest BCUT2D eigenvalue weighted by Gasteiger charge is -2.45. The first-order chi connectivity index (χ1) is 9.33. The predicted molar refractivity (Wildman–Crippen MR) is 76.6 cm³/mol. The number of hydrogen-bond donors (Lipinski definition) is 2. The molecule has 3 rings (SSSR count). The highest BCUT2D eigenvalue weighted by Gasteiger charge is 2.58. The molecule has 1 saturated heterocycles. The number of nitrogens with one attached hydrogen (secondary N) is 2. The molecule has 1 unspecified atom stereocenters. The van der Waals surface area contributed by atoms with Crippen LogP contribution in [0.1, 0.15) is 26.3 Å². The summed E-state index contributed by atoms with van der Waals surface area (Å²) in [6.07, 6.45) is 0. The molecule has 106 valence electrons. The molecule has 1 fully saturated rings. The number of β-lactam (4-membered cyclic amide) rings is 1. The van der Waals surface area contributed by atoms with Gasteiger partial charge in [0.1, 0.15) is 5.41 Å². The van der Waals surface area contributed by atoms with E-state index in [1.807, 2.05) is 45.0 Å². The highest BCUT2D eigenvalue weighted by atomic mass is 16.2. The maximum Gasteiger partial charge on any atom is 0.324 e. The highest BCUT2D eigenvalue weighted by molar-refractivity contribution is 6.08. The number of carbonyl (C=O) groups is 2. The number of amides is 3. The minimum Gasteiger partial charge on any atom is -0.383 e. The average Bonchev–Trinajstić information content (AvgIpc) is 2.75. The van der Waals surface area contributed by atoms with Gasteiger partial charge in [-0.25, -0.2) is 4.79 Å². The van der Waals surface area contributed by atoms with Crippen molar-refractivity contribution >= 4 is 17.6 Å². The molecule has 5 nitrogen and oxygen atoms in total. The second-order valence-electron chi connectivity index (χ2n) is 6.55. The lowest BCUT2D eigenvalue weighted by Crippen LogP contribution is -2.69. The molecule has 0 saturated carbocycles. The van der Waals surface area contributed by atoms with Crippen LogP contribution in [0.25, 0.3) is 0 Å². The molecule has 1 aromatic carbocycles. The zero-order valence-electron chi connectivity index (χ0n) is 12.0. The third kappa shape index (κ3) is 1.77. The summed E-state index contributed by atoms with van der Waals surface area (Å²) in [6, 6.07) is 7.50. The van der Waals surface area contributed by atoms with Gasteiger partial charge in [0, 0.05) is 17.8 Å². The van der Waals surface area contributed by atoms with Crippen LogP contribution >= 0.6 is 0 Å². The Hall–Kier alpha value is -2.04. The lowest BCUT2D eigenvalue weighted by atomic mass is 9.74. The molecule has 2 aliphatic heterocycles. The zero-order valence-corrected chi connectivity index (χ0v) is 12.0. The van der Waals surface area contributed by atoms with Crippen molar-refractivity contribution in [3.8, 4) is 0 Å². The molecule has 2 heterocycles. The number of urea groups is 1. The van der Waals surface area contributed by atoms with Crippen LogP contribution in [0.2, 0.25) is 0 Å². The van der Waals surface area contributed by atoms with Gasteiger partial charge in [0.2, 0.25) is 5.91 Å². The number of rotatable bonds is 0. The van der Waals surface area contributed by atoms with Gasteiger partial charge in [-0.2, -0.15) is 0 Å². The number of hydrogen-bond acceptors (Lipinski definition) is 3. The second kappa shape index (κ2) is 3.98. The first-order valence-corrected chi connectivity index (χ1v) is 6.81. The molecule has 1 aromatic rings. The fourth-order valence-corrected chi connectivity index (χ4v) is 2.86. The van der Waals surface area contributed by atoms with Gasteiger partial charge >= 0.3 is 6.03 Å². The van der Waals surface area contributed by atoms with Crippen LogP contribution in [0, 0.1) is 0 Å². The van der Waals surface area contributed by atoms with Crippen molar-refractivity contribution in [1.82, 2.24) is 10.2 Å². The minimum absolute atomic E-state index is 0.114. The molecular weight excluding hydrogens is 254 g/mol. The second-order valence-corrected chi connectivity index (χ2v) is 6.55. The largest absolute Gasteiger partial charge is 0.383 e. The fraction of sp³-hybridized carbons (Fsp3) is 0.467. The summed E-state index contributed by atoms with van der Waals surface area (Å²) in [5, 5.41) is 6.08. The van der Waals surface area contributed by atoms with Gasteiger partial charge in [-0.3, -0.25) is 9.69 Å². The number of imide groups is 1. The van der Waals surface area contributed by atoms with E-state index >= 15 is 0 Å². The molecule has 1 atom stereocenters. The standard InChI is InChI=1S/C15H19N3O2/c1-14(2,3)17-13(20)18-9-15(12(18)19)8-16-11-7-5-4-6-10(11)15/h4-7,16H,8-9H2,1-3H3,(H,17,20). The van der Waals surface area contributed by atoms with Crippen LogP contribution in [0.3, 0.4) is 0 Å². The number of benzene rings is 1. The molecule has 0 aromatic heterocycles. The Morgan fingerprint density at radius 1 is 1.35 bits per heavy atom. The van der Waals surface area contributed by atoms with Crippen molar-refractivity contribution in [3.05, 3.63) is 29.8 Å². The summed E-state index contributed by atoms with van der Waals surface area (Å²) in [5.74, 6) is -0.114. The Morgan fingerprint density at radius 2 is 2.05 bits per heavy atom. The van der Waals surface area contributed by atoms with Crippen molar-refractivity contribution < 1.29 is 9.59 Å². The van der Waals surface area contributed by atoms with Crippen molar-refractivity contribution in [2.75, 3.05) is 18.4 Å². The number of likely N-dealkylation sites (tertiary alicyclic amines) is 1. The maximum absolute atomic E-state index is 12.5. The summed E-state index contributed by atoms with van der Waals surface area (Å²) in [6.45, 7) is 6.72. The summed E-state index contributed by atoms with van der Waals surface area (Å²) in [7, 11) is 0. The number of nitrogens with zero attached hydrogens (tertiary/aromatic N) is 1. The van der Waals surface area contributed by atoms with Gasteiger partial charge in [0.15, 0.2) is 0 Å². The van der Waals surface area contributed by atoms with Crippen molar-refractivity contribution in [2.45, 2.75) is 31.7 Å². The summed E-state index contributed by atoms with van der Waals surface area (Å²) < 4.78 is 0. The quantitative estimate of drug-likeness (QED) is 0.707. The van der Waals surface area contributed by atoms with Crippen LogP contribution in [0.5, 0.6) is 0 Å². The average molecular weight is 273 g/mol. The Labute approximate surface area is 118 Å². The Morgan fingerprint density at radius 3 is 2.70 bits per heavy atom. The summed E-state index contributed by atoms with van der Waals surface area (Å²) in [5.41, 5.74) is 1.11. The van der Waals surface area contributed by atoms with Gasteiger partial charge in [-0.05, 0) is 32.4 Å². The molecule has 2 aliphatic rings. The van der Waals surface area contributed by atoms with Crippen LogP contribution in [0.4, 0.5) is 10.5 Å². The smallest absolute Gasteiger partial charge is 0.324 e. The number of fused-ring (bicyclic) bond motifs is 2. The highest BCUT2D eigenvalue weighted by Crippen LogP contribution is 2.44. The summed E-state index contributed by atoms with van der Waals surface area (Å²) in [4.78, 5) is 25.9. The molecule has 3 amide bonds. The number of carbonyl (C=O) groups excluding carboxylic acids is 2. The molecule has 0 bridgehead atoms. The van der Waals surface area contributed by atoms with Gasteiger partial charge < -0.3 is 10.6 Å². The van der Waals surface area contributed by atoms with E-state index in [2.05, 4.69) is 10.6 Å². The number of para-hydroxylation sites is 1. The predicted octanol–water partition coefficient (Wildman–Crippen LogP) is 1.70. The normalized spacial score (nSPS) is 24.1. The maximum atomic E-state index is 12.5. The Bertz CT molecular complexity index is 591. The van der Waals surface area contributed by atoms with Gasteiger partial charge in [0.25, 0.3) is 0 Å². The third-order valence-corrected chi connectivity index (χ3v) is 3.83. The first kappa shape index (κ1) is 13.0. The van der Waals surface area contributed by atoms with Gasteiger partial charge in [0.05, 0.1) is 6.54 Å². The SMILES string of the molecule is CC(C)(C)NC(=O)N1CC2(CNc3ccccc32)C1=O. The summed E-state index contributed by atoms with van der Waals surface area (Å²) >= 11 is 0. The van der Waals surface area contributed by atoms with Crippen LogP contribution in [-0.4, -0.2) is 35.5 Å². The molecule has 5 heteroatoms. The van der Waals surface area contributed by atoms with Crippen LogP contribution in [0.15, 0.2) is 24.3 Å². The van der Waals surface area contributed by atoms with E-state index in [-0.39, 0.29) is 17.5 Å². The van der Waals surface area contributed by atoms with Crippen molar-refractivity contribution in [3.63, 3.8) is 0 Å². The van der Waals surface area contributed by atoms with Crippen LogP contribution < -0.4 is 10.6 Å². The van der Waals surface area contributed by atoms with E-state index in [0.29, 0.717) is 13.1 Å². The molecule has 20 heavy (non-hydrogen) atoms. The molecule has 0 radical (unpaired) electrons. The monoisotopic (exact) mass is 273 g/mol. The molecule has 1 spiro atoms. The topological polar surface area (TPSA) is 61.4 Å². The van der Waals surface area contributed by atoms with E-state index in [0.717, 1.165) is 11.3 Å². The molecule has 2 N–H and O–H groups in total. The third-order valence-electron chi connectivity index (χ3n) is 3.83. The Kier molecular flexibility index (Phi) is 2.58. The van der Waals surface area contributed by atoms with Crippen molar-refractivity contribution in [1.29, 1.82) is 0 Å². The molecular formula is C15H19N3O2. The van der Waals surface area contributed by atoms with E-state index in [1.165, 1.54) is 4.90 Å². The van der Waals surface area contributed by atoms with Gasteiger partial charge in [-0.15, -0.1) is 0 Å². The first-order valence-electron chi connectivity index (χ1n) is 6.81. The van der Waals surface area contributed by atoms with E-state index < -0.39 is 5.41 Å². The van der Waals surface area contributed by atoms with Gasteiger partial charge in [-0.1, -0.05) is 18.2 Å². The molecule has 0 aliphatic carbocycles. The van der Waals surface area contributed by atoms with E-state index in [4.69, 9.17) is 0 Å². The van der Waals surface area contributed by atoms with Crippen LogP contribution in [-0.2, 0) is 10.2 Å². The Balaban J connectivity index is 1.79. The number of anilines is 1. The van der Waals surface area contributed by atoms with Crippen molar-refractivity contribution in [2.24, 2.45) is 0 Å². The zero-order chi connectivity index (χ0) is 14.5. The van der Waals surface area contributed by atoms with E-state index in [9.17, 15) is 9.59 Å². The fourth-order valence-electron chi connectivity index (χ4n) is 2.86.